The molecule has 0 radical (unpaired) electrons. The third kappa shape index (κ3) is 4.40. The number of fused-ring (bicyclic) bond motifs is 1. The average molecular weight is 384 g/mol. The first-order valence-electron chi connectivity index (χ1n) is 9.20. The molecule has 1 aliphatic rings. The van der Waals surface area contributed by atoms with Crippen molar-refractivity contribution < 1.29 is 14.3 Å². The van der Waals surface area contributed by atoms with Gasteiger partial charge in [0.1, 0.15) is 16.5 Å². The Morgan fingerprint density at radius 3 is 2.22 bits per heavy atom. The third-order valence-electron chi connectivity index (χ3n) is 4.45. The monoisotopic (exact) mass is 383 g/mol. The van der Waals surface area contributed by atoms with Crippen molar-refractivity contribution in [3.8, 4) is 5.75 Å². The number of unbranched alkanes of at least 4 members (excludes halogenated alkanes) is 3. The largest absolute Gasteiger partial charge is 0.494 e. The molecule has 0 saturated carbocycles. The first-order chi connectivity index (χ1) is 13.1. The maximum absolute atomic E-state index is 12.7. The zero-order valence-corrected chi connectivity index (χ0v) is 16.0. The second-order valence-corrected chi connectivity index (χ2v) is 6.83. The maximum atomic E-state index is 12.7. The molecule has 1 N–H and O–H groups in total. The van der Waals surface area contributed by atoms with Gasteiger partial charge >= 0.3 is 0 Å². The van der Waals surface area contributed by atoms with Crippen molar-refractivity contribution in [2.24, 2.45) is 0 Å². The molecule has 0 unspecified atom stereocenters. The van der Waals surface area contributed by atoms with Gasteiger partial charge in [0.25, 0.3) is 0 Å². The number of rotatable bonds is 8. The molecule has 0 aromatic heterocycles. The number of anilines is 1. The molecule has 27 heavy (non-hydrogen) atoms. The van der Waals surface area contributed by atoms with E-state index in [1.54, 1.807) is 36.4 Å². The summed E-state index contributed by atoms with van der Waals surface area (Å²) in [6.07, 6.45) is 4.62. The number of hydrogen-bond acceptors (Lipinski definition) is 4. The summed E-state index contributed by atoms with van der Waals surface area (Å²) in [6.45, 7) is 2.87. The quantitative estimate of drug-likeness (QED) is 0.604. The Bertz CT molecular complexity index is 871. The molecule has 2 aromatic rings. The molecule has 1 aliphatic carbocycles. The molecule has 0 amide bonds. The predicted molar refractivity (Wildman–Crippen MR) is 108 cm³/mol. The van der Waals surface area contributed by atoms with Gasteiger partial charge in [0.2, 0.25) is 11.6 Å². The number of carbonyl (C=O) groups excluding carboxylic acids is 2. The first-order valence-corrected chi connectivity index (χ1v) is 9.57. The minimum absolute atomic E-state index is 0.0880. The summed E-state index contributed by atoms with van der Waals surface area (Å²) in [7, 11) is 0. The summed E-state index contributed by atoms with van der Waals surface area (Å²) < 4.78 is 5.72. The van der Waals surface area contributed by atoms with Gasteiger partial charge in [-0.25, -0.2) is 0 Å². The van der Waals surface area contributed by atoms with Gasteiger partial charge in [-0.3, -0.25) is 9.59 Å². The highest BCUT2D eigenvalue weighted by Crippen LogP contribution is 2.29. The lowest BCUT2D eigenvalue weighted by Gasteiger charge is -2.19. The number of ether oxygens (including phenoxy) is 1. The van der Waals surface area contributed by atoms with Crippen molar-refractivity contribution in [3.05, 3.63) is 70.4 Å². The van der Waals surface area contributed by atoms with Gasteiger partial charge in [-0.05, 0) is 30.7 Å². The van der Waals surface area contributed by atoms with Crippen molar-refractivity contribution in [1.82, 2.24) is 0 Å². The minimum atomic E-state index is -0.346. The summed E-state index contributed by atoms with van der Waals surface area (Å²) in [4.78, 5) is 25.1. The number of halogens is 1. The fourth-order valence-electron chi connectivity index (χ4n) is 2.95. The van der Waals surface area contributed by atoms with Gasteiger partial charge in [-0.2, -0.15) is 0 Å². The molecular formula is C22H22ClNO3. The summed E-state index contributed by atoms with van der Waals surface area (Å²) in [5.41, 5.74) is 1.47. The van der Waals surface area contributed by atoms with E-state index in [2.05, 4.69) is 12.2 Å². The van der Waals surface area contributed by atoms with E-state index in [0.29, 0.717) is 23.4 Å². The van der Waals surface area contributed by atoms with Crippen LogP contribution in [-0.4, -0.2) is 18.2 Å². The number of Topliss-reactive ketones (excluding diaryl/α,β-unsaturated/α-hetero) is 2. The minimum Gasteiger partial charge on any atom is -0.494 e. The Morgan fingerprint density at radius 1 is 0.889 bits per heavy atom. The zero-order chi connectivity index (χ0) is 19.2. The number of nitrogens with one attached hydrogen (secondary N) is 1. The van der Waals surface area contributed by atoms with Gasteiger partial charge < -0.3 is 10.1 Å². The first kappa shape index (κ1) is 19.2. The predicted octanol–water partition coefficient (Wildman–Crippen LogP) is 5.59. The summed E-state index contributed by atoms with van der Waals surface area (Å²) in [5, 5.41) is 2.90. The van der Waals surface area contributed by atoms with E-state index in [1.807, 2.05) is 12.1 Å². The normalized spacial score (nSPS) is 13.6. The number of carbonyl (C=O) groups is 2. The van der Waals surface area contributed by atoms with Gasteiger partial charge in [0.15, 0.2) is 0 Å². The van der Waals surface area contributed by atoms with Crippen LogP contribution in [-0.2, 0) is 0 Å². The molecule has 0 atom stereocenters. The van der Waals surface area contributed by atoms with Crippen molar-refractivity contribution in [1.29, 1.82) is 0 Å². The van der Waals surface area contributed by atoms with E-state index in [9.17, 15) is 9.59 Å². The summed E-state index contributed by atoms with van der Waals surface area (Å²) in [6, 6.07) is 14.0. The van der Waals surface area contributed by atoms with Crippen molar-refractivity contribution >= 4 is 28.9 Å². The topological polar surface area (TPSA) is 55.4 Å². The van der Waals surface area contributed by atoms with E-state index in [-0.39, 0.29) is 22.3 Å². The van der Waals surface area contributed by atoms with Crippen LogP contribution in [0, 0.1) is 0 Å². The Labute approximate surface area is 164 Å². The molecule has 3 rings (SSSR count). The number of ketones is 2. The van der Waals surface area contributed by atoms with Crippen LogP contribution in [0.2, 0.25) is 0 Å². The van der Waals surface area contributed by atoms with Gasteiger partial charge in [-0.15, -0.1) is 0 Å². The molecule has 0 fully saturated rings. The smallest absolute Gasteiger partial charge is 0.211 e. The van der Waals surface area contributed by atoms with Crippen molar-refractivity contribution in [2.45, 2.75) is 32.6 Å². The fourth-order valence-corrected chi connectivity index (χ4v) is 3.19. The molecule has 0 heterocycles. The number of allylic oxidation sites excluding steroid dienone is 2. The van der Waals surface area contributed by atoms with Crippen LogP contribution >= 0.6 is 11.6 Å². The Balaban J connectivity index is 1.67. The second kappa shape index (κ2) is 8.87. The van der Waals surface area contributed by atoms with E-state index in [0.717, 1.165) is 12.2 Å². The van der Waals surface area contributed by atoms with Crippen molar-refractivity contribution in [2.75, 3.05) is 11.9 Å². The van der Waals surface area contributed by atoms with Crippen LogP contribution in [0.3, 0.4) is 0 Å². The molecule has 0 aliphatic heterocycles. The molecular weight excluding hydrogens is 362 g/mol. The van der Waals surface area contributed by atoms with E-state index < -0.39 is 0 Å². The second-order valence-electron chi connectivity index (χ2n) is 6.45. The van der Waals surface area contributed by atoms with E-state index >= 15 is 0 Å². The van der Waals surface area contributed by atoms with E-state index in [4.69, 9.17) is 16.3 Å². The SMILES string of the molecule is CCCCCCOc1ccc(NC2=C(Cl)C(=O)c3ccccc3C2=O)cc1. The highest BCUT2D eigenvalue weighted by Gasteiger charge is 2.31. The highest BCUT2D eigenvalue weighted by atomic mass is 35.5. The molecule has 0 spiro atoms. The number of benzene rings is 2. The Hall–Kier alpha value is -2.59. The lowest BCUT2D eigenvalue weighted by molar-refractivity contribution is 0.0982. The summed E-state index contributed by atoms with van der Waals surface area (Å²) in [5.74, 6) is 0.140. The lowest BCUT2D eigenvalue weighted by atomic mass is 9.92. The lowest BCUT2D eigenvalue weighted by Crippen LogP contribution is -2.24. The van der Waals surface area contributed by atoms with Crippen LogP contribution in [0.15, 0.2) is 59.3 Å². The van der Waals surface area contributed by atoms with Crippen LogP contribution in [0.1, 0.15) is 53.3 Å². The van der Waals surface area contributed by atoms with Crippen LogP contribution in [0.4, 0.5) is 5.69 Å². The molecule has 0 saturated heterocycles. The van der Waals surface area contributed by atoms with Crippen LogP contribution < -0.4 is 10.1 Å². The van der Waals surface area contributed by atoms with Crippen molar-refractivity contribution in [3.63, 3.8) is 0 Å². The molecule has 2 aromatic carbocycles. The molecule has 5 heteroatoms. The molecule has 0 bridgehead atoms. The Morgan fingerprint density at radius 2 is 1.56 bits per heavy atom. The molecule has 4 nitrogen and oxygen atoms in total. The van der Waals surface area contributed by atoms with E-state index in [1.165, 1.54) is 19.3 Å². The maximum Gasteiger partial charge on any atom is 0.211 e. The number of hydrogen-bond donors (Lipinski definition) is 1. The summed E-state index contributed by atoms with van der Waals surface area (Å²) >= 11 is 6.17. The average Bonchev–Trinajstić information content (AvgIpc) is 2.70. The Kier molecular flexibility index (Phi) is 6.30. The zero-order valence-electron chi connectivity index (χ0n) is 15.3. The van der Waals surface area contributed by atoms with Gasteiger partial charge in [-0.1, -0.05) is 62.1 Å². The third-order valence-corrected chi connectivity index (χ3v) is 4.81. The van der Waals surface area contributed by atoms with Crippen LogP contribution in [0.5, 0.6) is 5.75 Å². The fraction of sp³-hybridized carbons (Fsp3) is 0.273. The van der Waals surface area contributed by atoms with Gasteiger partial charge in [0, 0.05) is 16.8 Å². The highest BCUT2D eigenvalue weighted by molar-refractivity contribution is 6.50. The standard InChI is InChI=1S/C22H22ClNO3/c1-2-3-4-7-14-27-16-12-10-15(11-13-16)24-20-19(23)21(25)17-8-5-6-9-18(17)22(20)26/h5-6,8-13,24H,2-4,7,14H2,1H3. The van der Waals surface area contributed by atoms with Gasteiger partial charge in [0.05, 0.1) is 6.61 Å². The van der Waals surface area contributed by atoms with Crippen LogP contribution in [0.25, 0.3) is 0 Å². The molecule has 140 valence electrons.